The second-order valence-corrected chi connectivity index (χ2v) is 2.63. The molecule has 4 heteroatoms. The van der Waals surface area contributed by atoms with Crippen molar-refractivity contribution in [1.82, 2.24) is 0 Å². The third-order valence-electron chi connectivity index (χ3n) is 1.88. The molecule has 0 aliphatic heterocycles. The number of para-hydroxylation sites is 1. The molecule has 0 fully saturated rings. The maximum Gasteiger partial charge on any atom is 0.228 e. The molecule has 0 heterocycles. The van der Waals surface area contributed by atoms with Gasteiger partial charge in [0.1, 0.15) is 0 Å². The van der Waals surface area contributed by atoms with E-state index in [1.165, 1.54) is 21.3 Å². The summed E-state index contributed by atoms with van der Waals surface area (Å²) < 4.78 is 27.9. The average molecular weight is 200 g/mol. The summed E-state index contributed by atoms with van der Waals surface area (Å²) in [5.74, 6) is 0.856. The fourth-order valence-corrected chi connectivity index (χ4v) is 1.22. The van der Waals surface area contributed by atoms with Crippen molar-refractivity contribution in [3.05, 3.63) is 23.8 Å². The number of halogens is 1. The van der Waals surface area contributed by atoms with Gasteiger partial charge in [-0.15, -0.1) is 0 Å². The third-order valence-corrected chi connectivity index (χ3v) is 1.88. The Balaban J connectivity index is 3.14. The Labute approximate surface area is 82.4 Å². The van der Waals surface area contributed by atoms with E-state index in [-0.39, 0.29) is 0 Å². The Morgan fingerprint density at radius 1 is 1.14 bits per heavy atom. The van der Waals surface area contributed by atoms with Crippen LogP contribution in [0.3, 0.4) is 0 Å². The highest BCUT2D eigenvalue weighted by molar-refractivity contribution is 5.47. The van der Waals surface area contributed by atoms with Crippen LogP contribution in [-0.2, 0) is 4.74 Å². The molecule has 0 radical (unpaired) electrons. The quantitative estimate of drug-likeness (QED) is 0.746. The lowest BCUT2D eigenvalue weighted by Gasteiger charge is -2.14. The highest BCUT2D eigenvalue weighted by atomic mass is 19.1. The molecule has 78 valence electrons. The van der Waals surface area contributed by atoms with Crippen molar-refractivity contribution < 1.29 is 18.6 Å². The zero-order valence-electron chi connectivity index (χ0n) is 8.41. The van der Waals surface area contributed by atoms with Crippen molar-refractivity contribution in [2.24, 2.45) is 0 Å². The van der Waals surface area contributed by atoms with Crippen LogP contribution in [0.5, 0.6) is 11.5 Å². The van der Waals surface area contributed by atoms with Gasteiger partial charge in [0, 0.05) is 7.11 Å². The van der Waals surface area contributed by atoms with Crippen LogP contribution in [0.2, 0.25) is 0 Å². The maximum atomic E-state index is 13.3. The van der Waals surface area contributed by atoms with Crippen LogP contribution in [-0.4, -0.2) is 21.3 Å². The minimum absolute atomic E-state index is 0.328. The van der Waals surface area contributed by atoms with Crippen LogP contribution in [0, 0.1) is 0 Å². The molecule has 1 aromatic carbocycles. The Kier molecular flexibility index (Phi) is 3.71. The summed E-state index contributed by atoms with van der Waals surface area (Å²) in [6.07, 6.45) is -1.50. The van der Waals surface area contributed by atoms with Gasteiger partial charge in [-0.3, -0.25) is 0 Å². The van der Waals surface area contributed by atoms with Gasteiger partial charge in [0.2, 0.25) is 6.36 Å². The van der Waals surface area contributed by atoms with Gasteiger partial charge in [-0.1, -0.05) is 6.07 Å². The van der Waals surface area contributed by atoms with E-state index in [2.05, 4.69) is 4.74 Å². The highest BCUT2D eigenvalue weighted by Crippen LogP contribution is 2.35. The zero-order valence-corrected chi connectivity index (χ0v) is 8.41. The van der Waals surface area contributed by atoms with Gasteiger partial charge in [-0.25, -0.2) is 4.39 Å². The first kappa shape index (κ1) is 10.8. The monoisotopic (exact) mass is 200 g/mol. The Hall–Kier alpha value is -1.29. The van der Waals surface area contributed by atoms with Crippen molar-refractivity contribution >= 4 is 0 Å². The second-order valence-electron chi connectivity index (χ2n) is 2.63. The normalized spacial score (nSPS) is 12.3. The van der Waals surface area contributed by atoms with Crippen molar-refractivity contribution in [2.75, 3.05) is 21.3 Å². The highest BCUT2D eigenvalue weighted by Gasteiger charge is 2.17. The lowest BCUT2D eigenvalue weighted by Crippen LogP contribution is -2.00. The number of alkyl halides is 1. The fraction of sp³-hybridized carbons (Fsp3) is 0.400. The maximum absolute atomic E-state index is 13.3. The molecule has 0 aliphatic carbocycles. The summed E-state index contributed by atoms with van der Waals surface area (Å²) in [5.41, 5.74) is 0.328. The van der Waals surface area contributed by atoms with E-state index in [1.807, 2.05) is 0 Å². The van der Waals surface area contributed by atoms with Gasteiger partial charge >= 0.3 is 0 Å². The first-order valence-corrected chi connectivity index (χ1v) is 4.12. The van der Waals surface area contributed by atoms with Crippen LogP contribution in [0.4, 0.5) is 4.39 Å². The van der Waals surface area contributed by atoms with E-state index in [0.29, 0.717) is 17.1 Å². The molecule has 0 saturated heterocycles. The van der Waals surface area contributed by atoms with E-state index >= 15 is 0 Å². The minimum Gasteiger partial charge on any atom is -0.493 e. The zero-order chi connectivity index (χ0) is 10.6. The molecule has 0 N–H and O–H groups in total. The SMILES string of the molecule is COc1cccc(C(F)OC)c1OC. The lowest BCUT2D eigenvalue weighted by molar-refractivity contribution is -0.00840. The molecule has 1 unspecified atom stereocenters. The summed E-state index contributed by atoms with van der Waals surface area (Å²) in [4.78, 5) is 0. The fourth-order valence-electron chi connectivity index (χ4n) is 1.22. The molecule has 0 aliphatic rings. The van der Waals surface area contributed by atoms with Gasteiger partial charge < -0.3 is 14.2 Å². The van der Waals surface area contributed by atoms with Crippen molar-refractivity contribution in [3.63, 3.8) is 0 Å². The Bertz CT molecular complexity index is 301. The van der Waals surface area contributed by atoms with E-state index in [9.17, 15) is 4.39 Å². The van der Waals surface area contributed by atoms with E-state index in [4.69, 9.17) is 9.47 Å². The molecular weight excluding hydrogens is 187 g/mol. The second kappa shape index (κ2) is 4.81. The largest absolute Gasteiger partial charge is 0.493 e. The number of methoxy groups -OCH3 is 3. The number of hydrogen-bond donors (Lipinski definition) is 0. The van der Waals surface area contributed by atoms with Crippen LogP contribution in [0.25, 0.3) is 0 Å². The number of ether oxygens (including phenoxy) is 3. The number of hydrogen-bond acceptors (Lipinski definition) is 3. The topological polar surface area (TPSA) is 27.7 Å². The summed E-state index contributed by atoms with van der Waals surface area (Å²) in [7, 11) is 4.26. The van der Waals surface area contributed by atoms with Crippen molar-refractivity contribution in [2.45, 2.75) is 6.36 Å². The first-order chi connectivity index (χ1) is 6.74. The van der Waals surface area contributed by atoms with Crippen LogP contribution in [0.15, 0.2) is 18.2 Å². The van der Waals surface area contributed by atoms with E-state index in [0.717, 1.165) is 0 Å². The minimum atomic E-state index is -1.50. The molecule has 0 bridgehead atoms. The Morgan fingerprint density at radius 2 is 1.86 bits per heavy atom. The molecule has 1 atom stereocenters. The smallest absolute Gasteiger partial charge is 0.228 e. The van der Waals surface area contributed by atoms with Crippen molar-refractivity contribution in [1.29, 1.82) is 0 Å². The van der Waals surface area contributed by atoms with E-state index < -0.39 is 6.36 Å². The van der Waals surface area contributed by atoms with Gasteiger partial charge in [-0.05, 0) is 12.1 Å². The molecule has 1 aromatic rings. The molecule has 0 amide bonds. The number of rotatable bonds is 4. The first-order valence-electron chi connectivity index (χ1n) is 4.12. The molecule has 0 spiro atoms. The Morgan fingerprint density at radius 3 is 2.36 bits per heavy atom. The average Bonchev–Trinajstić information content (AvgIpc) is 2.26. The molecule has 0 aromatic heterocycles. The molecular formula is C10H13FO3. The lowest BCUT2D eigenvalue weighted by atomic mass is 10.2. The summed E-state index contributed by atoms with van der Waals surface area (Å²) in [5, 5.41) is 0. The molecule has 3 nitrogen and oxygen atoms in total. The molecule has 1 rings (SSSR count). The number of benzene rings is 1. The molecule has 14 heavy (non-hydrogen) atoms. The van der Waals surface area contributed by atoms with Gasteiger partial charge in [0.05, 0.1) is 19.8 Å². The van der Waals surface area contributed by atoms with Crippen molar-refractivity contribution in [3.8, 4) is 11.5 Å². The summed E-state index contributed by atoms with van der Waals surface area (Å²) in [6, 6.07) is 4.97. The standard InChI is InChI=1S/C10H13FO3/c1-12-8-6-4-5-7(9(8)13-2)10(11)14-3/h4-6,10H,1-3H3. The summed E-state index contributed by atoms with van der Waals surface area (Å²) in [6.45, 7) is 0. The summed E-state index contributed by atoms with van der Waals surface area (Å²) >= 11 is 0. The molecule has 0 saturated carbocycles. The van der Waals surface area contributed by atoms with Gasteiger partial charge in [0.25, 0.3) is 0 Å². The van der Waals surface area contributed by atoms with Crippen LogP contribution in [0.1, 0.15) is 11.9 Å². The predicted molar refractivity (Wildman–Crippen MR) is 50.4 cm³/mol. The predicted octanol–water partition coefficient (Wildman–Crippen LogP) is 2.32. The van der Waals surface area contributed by atoms with Crippen LogP contribution < -0.4 is 9.47 Å². The van der Waals surface area contributed by atoms with Gasteiger partial charge in [0.15, 0.2) is 11.5 Å². The van der Waals surface area contributed by atoms with E-state index in [1.54, 1.807) is 18.2 Å². The van der Waals surface area contributed by atoms with Gasteiger partial charge in [-0.2, -0.15) is 0 Å². The van der Waals surface area contributed by atoms with Crippen LogP contribution >= 0.6 is 0 Å². The third kappa shape index (κ3) is 1.96.